The number of rotatable bonds is 5. The molecule has 142 valence electrons. The van der Waals surface area contributed by atoms with Crippen molar-refractivity contribution < 1.29 is 19.1 Å². The Kier molecular flexibility index (Phi) is 5.86. The molecule has 1 amide bonds. The molecule has 0 unspecified atom stereocenters. The highest BCUT2D eigenvalue weighted by molar-refractivity contribution is 5.93. The average Bonchev–Trinajstić information content (AvgIpc) is 2.74. The molecule has 0 bridgehead atoms. The predicted octanol–water partition coefficient (Wildman–Crippen LogP) is 3.37. The summed E-state index contributed by atoms with van der Waals surface area (Å²) in [5.41, 5.74) is 0.933. The third-order valence-corrected chi connectivity index (χ3v) is 3.97. The lowest BCUT2D eigenvalue weighted by Gasteiger charge is -2.12. The van der Waals surface area contributed by atoms with Crippen LogP contribution in [0.2, 0.25) is 0 Å². The summed E-state index contributed by atoms with van der Waals surface area (Å²) in [6, 6.07) is 18.8. The van der Waals surface area contributed by atoms with Crippen LogP contribution in [0.25, 0.3) is 5.69 Å². The van der Waals surface area contributed by atoms with Gasteiger partial charge in [0.1, 0.15) is 12.3 Å². The molecular formula is C21H18N2O5. The Morgan fingerprint density at radius 2 is 1.68 bits per heavy atom. The van der Waals surface area contributed by atoms with Gasteiger partial charge < -0.3 is 9.47 Å². The number of aromatic nitrogens is 1. The Morgan fingerprint density at radius 1 is 0.964 bits per heavy atom. The van der Waals surface area contributed by atoms with Crippen molar-refractivity contribution in [3.05, 3.63) is 94.4 Å². The van der Waals surface area contributed by atoms with Gasteiger partial charge in [0, 0.05) is 6.20 Å². The van der Waals surface area contributed by atoms with Crippen molar-refractivity contribution in [2.45, 2.75) is 6.61 Å². The number of carbonyl (C=O) groups excluding carboxylic acids is 2. The summed E-state index contributed by atoms with van der Waals surface area (Å²) >= 11 is 0. The second-order valence-electron chi connectivity index (χ2n) is 5.79. The molecular weight excluding hydrogens is 360 g/mol. The first kappa shape index (κ1) is 18.9. The molecule has 7 heteroatoms. The molecule has 3 rings (SSSR count). The minimum absolute atomic E-state index is 0.0280. The third-order valence-electron chi connectivity index (χ3n) is 3.97. The Labute approximate surface area is 161 Å². The maximum atomic E-state index is 12.8. The van der Waals surface area contributed by atoms with Crippen molar-refractivity contribution >= 4 is 17.7 Å². The van der Waals surface area contributed by atoms with E-state index < -0.39 is 17.6 Å². The number of pyridine rings is 1. The van der Waals surface area contributed by atoms with Gasteiger partial charge in [-0.15, -0.1) is 0 Å². The fraction of sp³-hybridized carbons (Fsp3) is 0.0952. The molecule has 3 aromatic rings. The highest BCUT2D eigenvalue weighted by Crippen LogP contribution is 2.15. The van der Waals surface area contributed by atoms with E-state index in [1.807, 2.05) is 30.3 Å². The van der Waals surface area contributed by atoms with Crippen LogP contribution < -0.4 is 10.9 Å². The molecule has 0 saturated heterocycles. The van der Waals surface area contributed by atoms with E-state index in [0.717, 1.165) is 5.56 Å². The topological polar surface area (TPSA) is 86.6 Å². The first-order valence-electron chi connectivity index (χ1n) is 8.47. The molecule has 0 aliphatic rings. The Hall–Kier alpha value is -3.87. The fourth-order valence-electron chi connectivity index (χ4n) is 2.61. The van der Waals surface area contributed by atoms with Crippen LogP contribution in [0.4, 0.5) is 10.5 Å². The molecule has 0 spiro atoms. The van der Waals surface area contributed by atoms with Crippen molar-refractivity contribution in [2.24, 2.45) is 0 Å². The van der Waals surface area contributed by atoms with Gasteiger partial charge in [-0.05, 0) is 29.8 Å². The normalized spacial score (nSPS) is 10.2. The minimum Gasteiger partial charge on any atom is -0.465 e. The van der Waals surface area contributed by atoms with Crippen LogP contribution in [-0.4, -0.2) is 23.7 Å². The van der Waals surface area contributed by atoms with Crippen LogP contribution in [0.15, 0.2) is 77.7 Å². The number of methoxy groups -OCH3 is 1. The van der Waals surface area contributed by atoms with E-state index >= 15 is 0 Å². The van der Waals surface area contributed by atoms with Gasteiger partial charge in [0.25, 0.3) is 5.56 Å². The molecule has 7 nitrogen and oxygen atoms in total. The maximum Gasteiger partial charge on any atom is 0.412 e. The summed E-state index contributed by atoms with van der Waals surface area (Å²) in [6.07, 6.45) is 0.755. The van der Waals surface area contributed by atoms with E-state index in [-0.39, 0.29) is 17.9 Å². The quantitative estimate of drug-likeness (QED) is 0.688. The Bertz CT molecular complexity index is 1040. The number of esters is 1. The minimum atomic E-state index is -0.750. The maximum absolute atomic E-state index is 12.8. The standard InChI is InChI=1S/C21H18N2O5/c1-27-20(25)16-10-5-6-12-18(16)23-13-7-11-17(19(23)24)22-21(26)28-14-15-8-3-2-4-9-15/h2-13H,14H2,1H3,(H,22,26). The van der Waals surface area contributed by atoms with E-state index in [4.69, 9.17) is 9.47 Å². The van der Waals surface area contributed by atoms with E-state index in [9.17, 15) is 14.4 Å². The van der Waals surface area contributed by atoms with Gasteiger partial charge in [0.05, 0.1) is 18.4 Å². The zero-order valence-corrected chi connectivity index (χ0v) is 15.1. The van der Waals surface area contributed by atoms with E-state index in [0.29, 0.717) is 5.69 Å². The number of hydrogen-bond donors (Lipinski definition) is 1. The monoisotopic (exact) mass is 378 g/mol. The van der Waals surface area contributed by atoms with Crippen LogP contribution in [0.3, 0.4) is 0 Å². The lowest BCUT2D eigenvalue weighted by molar-refractivity contribution is 0.0600. The first-order valence-corrected chi connectivity index (χ1v) is 8.47. The van der Waals surface area contributed by atoms with Crippen LogP contribution in [0.1, 0.15) is 15.9 Å². The van der Waals surface area contributed by atoms with Gasteiger partial charge in [-0.3, -0.25) is 14.7 Å². The Morgan fingerprint density at radius 3 is 2.43 bits per heavy atom. The number of para-hydroxylation sites is 1. The van der Waals surface area contributed by atoms with Crippen LogP contribution in [0.5, 0.6) is 0 Å². The molecule has 1 aromatic heterocycles. The molecule has 2 aromatic carbocycles. The van der Waals surface area contributed by atoms with Crippen molar-refractivity contribution in [1.29, 1.82) is 0 Å². The molecule has 0 radical (unpaired) electrons. The predicted molar refractivity (Wildman–Crippen MR) is 104 cm³/mol. The fourth-order valence-corrected chi connectivity index (χ4v) is 2.61. The third kappa shape index (κ3) is 4.27. The number of benzene rings is 2. The highest BCUT2D eigenvalue weighted by Gasteiger charge is 2.15. The van der Waals surface area contributed by atoms with Gasteiger partial charge >= 0.3 is 12.1 Å². The van der Waals surface area contributed by atoms with Crippen molar-refractivity contribution in [3.63, 3.8) is 0 Å². The van der Waals surface area contributed by atoms with Gasteiger partial charge in [0.2, 0.25) is 0 Å². The highest BCUT2D eigenvalue weighted by atomic mass is 16.5. The second kappa shape index (κ2) is 8.68. The lowest BCUT2D eigenvalue weighted by Crippen LogP contribution is -2.26. The zero-order chi connectivity index (χ0) is 19.9. The number of anilines is 1. The molecule has 1 heterocycles. The molecule has 0 saturated carbocycles. The zero-order valence-electron chi connectivity index (χ0n) is 15.1. The summed E-state index contributed by atoms with van der Waals surface area (Å²) < 4.78 is 11.2. The summed E-state index contributed by atoms with van der Waals surface area (Å²) in [5.74, 6) is -0.567. The second-order valence-corrected chi connectivity index (χ2v) is 5.79. The SMILES string of the molecule is COC(=O)c1ccccc1-n1cccc(NC(=O)OCc2ccccc2)c1=O. The van der Waals surface area contributed by atoms with E-state index in [1.54, 1.807) is 30.3 Å². The van der Waals surface area contributed by atoms with Gasteiger partial charge in [-0.1, -0.05) is 42.5 Å². The lowest BCUT2D eigenvalue weighted by atomic mass is 10.1. The summed E-state index contributed by atoms with van der Waals surface area (Å²) in [6.45, 7) is 0.0822. The van der Waals surface area contributed by atoms with Crippen molar-refractivity contribution in [3.8, 4) is 5.69 Å². The molecule has 0 aliphatic carbocycles. The van der Waals surface area contributed by atoms with Gasteiger partial charge in [-0.2, -0.15) is 0 Å². The van der Waals surface area contributed by atoms with Gasteiger partial charge in [-0.25, -0.2) is 9.59 Å². The number of nitrogens with one attached hydrogen (secondary N) is 1. The van der Waals surface area contributed by atoms with Crippen LogP contribution in [-0.2, 0) is 16.1 Å². The first-order chi connectivity index (χ1) is 13.6. The number of amides is 1. The smallest absolute Gasteiger partial charge is 0.412 e. The molecule has 0 aliphatic heterocycles. The largest absolute Gasteiger partial charge is 0.465 e. The number of nitrogens with zero attached hydrogens (tertiary/aromatic N) is 1. The van der Waals surface area contributed by atoms with Gasteiger partial charge in [0.15, 0.2) is 0 Å². The summed E-state index contributed by atoms with van der Waals surface area (Å²) in [7, 11) is 1.27. The molecule has 1 N–H and O–H groups in total. The van der Waals surface area contributed by atoms with Crippen molar-refractivity contribution in [1.82, 2.24) is 4.57 Å². The van der Waals surface area contributed by atoms with E-state index in [1.165, 1.54) is 23.9 Å². The summed E-state index contributed by atoms with van der Waals surface area (Å²) in [4.78, 5) is 36.8. The molecule has 0 atom stereocenters. The number of hydrogen-bond acceptors (Lipinski definition) is 5. The summed E-state index contributed by atoms with van der Waals surface area (Å²) in [5, 5.41) is 2.44. The van der Waals surface area contributed by atoms with Crippen LogP contribution >= 0.6 is 0 Å². The van der Waals surface area contributed by atoms with E-state index in [2.05, 4.69) is 5.32 Å². The van der Waals surface area contributed by atoms with Crippen molar-refractivity contribution in [2.75, 3.05) is 12.4 Å². The number of ether oxygens (including phenoxy) is 2. The Balaban J connectivity index is 1.81. The number of carbonyl (C=O) groups is 2. The molecule has 0 fully saturated rings. The van der Waals surface area contributed by atoms with Crippen LogP contribution in [0, 0.1) is 0 Å². The molecule has 28 heavy (non-hydrogen) atoms. The average molecular weight is 378 g/mol.